The molecule has 1 saturated heterocycles. The van der Waals surface area contributed by atoms with Crippen LogP contribution in [0.1, 0.15) is 42.5 Å². The average Bonchev–Trinajstić information content (AvgIpc) is 3.23. The normalized spacial score (nSPS) is 16.4. The smallest absolute Gasteiger partial charge is 0.395 e. The highest BCUT2D eigenvalue weighted by Gasteiger charge is 2.45. The number of hydrogen-bond donors (Lipinski definition) is 0. The molecule has 37 heavy (non-hydrogen) atoms. The summed E-state index contributed by atoms with van der Waals surface area (Å²) in [5.74, 6) is -2.91. The molecule has 3 aromatic carbocycles. The van der Waals surface area contributed by atoms with E-state index in [9.17, 15) is 13.6 Å². The first-order valence-electron chi connectivity index (χ1n) is 11.9. The zero-order valence-electron chi connectivity index (χ0n) is 20.2. The first-order chi connectivity index (χ1) is 17.6. The Balaban J connectivity index is 1.49. The Hall–Kier alpha value is -3.36. The van der Waals surface area contributed by atoms with Gasteiger partial charge in [-0.1, -0.05) is 35.9 Å². The van der Waals surface area contributed by atoms with E-state index in [1.54, 1.807) is 18.2 Å². The lowest BCUT2D eigenvalue weighted by molar-refractivity contribution is 0.00805. The van der Waals surface area contributed by atoms with Gasteiger partial charge in [-0.15, -0.1) is 5.10 Å². The Kier molecular flexibility index (Phi) is 6.72. The number of aromatic nitrogens is 2. The van der Waals surface area contributed by atoms with E-state index in [2.05, 4.69) is 10.00 Å². The van der Waals surface area contributed by atoms with Crippen LogP contribution in [0.25, 0.3) is 5.69 Å². The van der Waals surface area contributed by atoms with Crippen LogP contribution >= 0.6 is 11.6 Å². The van der Waals surface area contributed by atoms with E-state index in [1.807, 2.05) is 30.3 Å². The second-order valence-corrected chi connectivity index (χ2v) is 10.4. The highest BCUT2D eigenvalue weighted by molar-refractivity contribution is 6.30. The van der Waals surface area contributed by atoms with Gasteiger partial charge in [-0.25, -0.2) is 18.0 Å². The Labute approximate surface area is 217 Å². The standard InChI is InChI=1S/C28H25ClF3N3O2/c1-28(2,32)25(19-10-22(30)13-23(31)11-19)20-14-34(15-20)26(17-6-8-21(29)9-7-17)18-4-3-5-24(12-18)35-27(36)37-16-33-35/h3-13,16,20,25-26H,14-15H2,1-2H3/t25-,26+/m1/s1. The molecular weight excluding hydrogens is 503 g/mol. The Morgan fingerprint density at radius 2 is 1.65 bits per heavy atom. The van der Waals surface area contributed by atoms with Gasteiger partial charge in [0.2, 0.25) is 6.39 Å². The molecule has 2 atom stereocenters. The highest BCUT2D eigenvalue weighted by Crippen LogP contribution is 2.45. The first-order valence-corrected chi connectivity index (χ1v) is 12.3. The molecule has 0 amide bonds. The maximum atomic E-state index is 15.4. The van der Waals surface area contributed by atoms with E-state index in [0.717, 1.165) is 23.6 Å². The van der Waals surface area contributed by atoms with Crippen LogP contribution in [0.3, 0.4) is 0 Å². The van der Waals surface area contributed by atoms with E-state index in [4.69, 9.17) is 16.0 Å². The van der Waals surface area contributed by atoms with Crippen molar-refractivity contribution in [1.29, 1.82) is 0 Å². The number of alkyl halides is 1. The lowest BCUT2D eigenvalue weighted by Gasteiger charge is -2.50. The van der Waals surface area contributed by atoms with Gasteiger partial charge in [-0.3, -0.25) is 4.90 Å². The number of benzene rings is 3. The van der Waals surface area contributed by atoms with Gasteiger partial charge in [0, 0.05) is 30.1 Å². The van der Waals surface area contributed by atoms with Gasteiger partial charge in [0.1, 0.15) is 17.3 Å². The largest absolute Gasteiger partial charge is 0.441 e. The number of hydrogen-bond acceptors (Lipinski definition) is 4. The monoisotopic (exact) mass is 527 g/mol. The summed E-state index contributed by atoms with van der Waals surface area (Å²) in [6, 6.07) is 17.8. The topological polar surface area (TPSA) is 51.3 Å². The van der Waals surface area contributed by atoms with Crippen molar-refractivity contribution in [2.24, 2.45) is 5.92 Å². The molecule has 1 aromatic heterocycles. The van der Waals surface area contributed by atoms with Gasteiger partial charge in [0.15, 0.2) is 0 Å². The Bertz CT molecular complexity index is 1440. The summed E-state index contributed by atoms with van der Waals surface area (Å²) in [5, 5.41) is 4.56. The predicted molar refractivity (Wildman–Crippen MR) is 135 cm³/mol. The third-order valence-electron chi connectivity index (χ3n) is 6.86. The highest BCUT2D eigenvalue weighted by atomic mass is 35.5. The summed E-state index contributed by atoms with van der Waals surface area (Å²) in [7, 11) is 0. The molecular formula is C28H25ClF3N3O2. The quantitative estimate of drug-likeness (QED) is 0.282. The minimum absolute atomic E-state index is 0.169. The van der Waals surface area contributed by atoms with Crippen LogP contribution in [0.5, 0.6) is 0 Å². The SMILES string of the molecule is CC(C)(F)[C@H](c1cc(F)cc(F)c1)C1CN([C@@H](c2ccc(Cl)cc2)c2cccc(-n3ncoc3=O)c2)C1. The molecule has 0 spiro atoms. The lowest BCUT2D eigenvalue weighted by atomic mass is 9.72. The predicted octanol–water partition coefficient (Wildman–Crippen LogP) is 6.31. The minimum atomic E-state index is -1.69. The summed E-state index contributed by atoms with van der Waals surface area (Å²) < 4.78 is 49.4. The van der Waals surface area contributed by atoms with Crippen LogP contribution in [0.2, 0.25) is 5.02 Å². The fraction of sp³-hybridized carbons (Fsp3) is 0.286. The zero-order valence-corrected chi connectivity index (χ0v) is 21.0. The summed E-state index contributed by atoms with van der Waals surface area (Å²) in [6.07, 6.45) is 1.08. The molecule has 1 fully saturated rings. The van der Waals surface area contributed by atoms with Crippen molar-refractivity contribution in [1.82, 2.24) is 14.7 Å². The summed E-state index contributed by atoms with van der Waals surface area (Å²) in [5.41, 5.74) is 1.01. The molecule has 0 radical (unpaired) electrons. The van der Waals surface area contributed by atoms with Crippen molar-refractivity contribution in [3.05, 3.63) is 117 Å². The molecule has 0 unspecified atom stereocenters. The molecule has 192 valence electrons. The minimum Gasteiger partial charge on any atom is -0.395 e. The maximum Gasteiger partial charge on any atom is 0.441 e. The molecule has 9 heteroatoms. The van der Waals surface area contributed by atoms with Crippen molar-refractivity contribution in [2.45, 2.75) is 31.5 Å². The number of halogens is 4. The van der Waals surface area contributed by atoms with Gasteiger partial charge >= 0.3 is 5.76 Å². The fourth-order valence-electron chi connectivity index (χ4n) is 5.43. The van der Waals surface area contributed by atoms with Crippen molar-refractivity contribution in [2.75, 3.05) is 13.1 Å². The molecule has 4 aromatic rings. The van der Waals surface area contributed by atoms with Gasteiger partial charge in [0.05, 0.1) is 11.7 Å². The number of likely N-dealkylation sites (tertiary alicyclic amines) is 1. The maximum absolute atomic E-state index is 15.4. The molecule has 5 nitrogen and oxygen atoms in total. The molecule has 1 aliphatic heterocycles. The zero-order chi connectivity index (χ0) is 26.3. The van der Waals surface area contributed by atoms with Crippen molar-refractivity contribution < 1.29 is 17.6 Å². The third-order valence-corrected chi connectivity index (χ3v) is 7.12. The van der Waals surface area contributed by atoms with Gasteiger partial charge in [-0.2, -0.15) is 4.68 Å². The molecule has 5 rings (SSSR count). The lowest BCUT2D eigenvalue weighted by Crippen LogP contribution is -2.53. The van der Waals surface area contributed by atoms with E-state index < -0.39 is 29.0 Å². The summed E-state index contributed by atoms with van der Waals surface area (Å²) in [6.45, 7) is 3.88. The van der Waals surface area contributed by atoms with E-state index in [-0.39, 0.29) is 12.0 Å². The van der Waals surface area contributed by atoms with E-state index in [0.29, 0.717) is 29.4 Å². The van der Waals surface area contributed by atoms with Gasteiger partial charge in [0.25, 0.3) is 0 Å². The van der Waals surface area contributed by atoms with Gasteiger partial charge < -0.3 is 4.42 Å². The molecule has 0 N–H and O–H groups in total. The van der Waals surface area contributed by atoms with Crippen LogP contribution in [-0.2, 0) is 0 Å². The fourth-order valence-corrected chi connectivity index (χ4v) is 5.55. The first kappa shape index (κ1) is 25.3. The Morgan fingerprint density at radius 3 is 2.24 bits per heavy atom. The molecule has 0 saturated carbocycles. The van der Waals surface area contributed by atoms with Crippen LogP contribution in [-0.4, -0.2) is 33.4 Å². The molecule has 1 aliphatic rings. The van der Waals surface area contributed by atoms with Gasteiger partial charge in [-0.05, 0) is 72.9 Å². The average molecular weight is 528 g/mol. The third kappa shape index (κ3) is 5.22. The Morgan fingerprint density at radius 1 is 0.973 bits per heavy atom. The van der Waals surface area contributed by atoms with Crippen LogP contribution in [0, 0.1) is 17.6 Å². The summed E-state index contributed by atoms with van der Waals surface area (Å²) >= 11 is 6.13. The molecule has 2 heterocycles. The van der Waals surface area contributed by atoms with E-state index in [1.165, 1.54) is 30.7 Å². The van der Waals surface area contributed by atoms with E-state index >= 15 is 4.39 Å². The second-order valence-electron chi connectivity index (χ2n) is 9.92. The van der Waals surface area contributed by atoms with Crippen molar-refractivity contribution in [3.8, 4) is 5.69 Å². The summed E-state index contributed by atoms with van der Waals surface area (Å²) in [4.78, 5) is 14.2. The van der Waals surface area contributed by atoms with Crippen molar-refractivity contribution >= 4 is 11.6 Å². The molecule has 0 aliphatic carbocycles. The second kappa shape index (κ2) is 9.84. The van der Waals surface area contributed by atoms with Crippen LogP contribution < -0.4 is 5.76 Å². The van der Waals surface area contributed by atoms with Crippen LogP contribution in [0.15, 0.2) is 82.3 Å². The number of rotatable bonds is 7. The molecule has 0 bridgehead atoms. The van der Waals surface area contributed by atoms with Crippen molar-refractivity contribution in [3.63, 3.8) is 0 Å². The number of nitrogens with zero attached hydrogens (tertiary/aromatic N) is 3. The van der Waals surface area contributed by atoms with Crippen LogP contribution in [0.4, 0.5) is 13.2 Å².